The summed E-state index contributed by atoms with van der Waals surface area (Å²) in [4.78, 5) is 26.4. The van der Waals surface area contributed by atoms with Crippen LogP contribution in [0.2, 0.25) is 0 Å². The van der Waals surface area contributed by atoms with Crippen LogP contribution in [0.5, 0.6) is 0 Å². The highest BCUT2D eigenvalue weighted by Gasteiger charge is 2.28. The number of likely N-dealkylation sites (tertiary alicyclic amines) is 1. The number of piperidine rings is 1. The molecule has 2 fully saturated rings. The Labute approximate surface area is 149 Å². The van der Waals surface area contributed by atoms with Crippen LogP contribution < -0.4 is 5.32 Å². The summed E-state index contributed by atoms with van der Waals surface area (Å²) in [6.45, 7) is 4.21. The molecule has 5 heteroatoms. The first-order valence-corrected chi connectivity index (χ1v) is 9.37. The summed E-state index contributed by atoms with van der Waals surface area (Å²) in [5.41, 5.74) is 2.44. The van der Waals surface area contributed by atoms with Crippen molar-refractivity contribution in [2.75, 3.05) is 19.7 Å². The zero-order valence-electron chi connectivity index (χ0n) is 15.0. The molecule has 1 N–H and O–H groups in total. The van der Waals surface area contributed by atoms with Crippen LogP contribution in [0.4, 0.5) is 0 Å². The summed E-state index contributed by atoms with van der Waals surface area (Å²) < 4.78 is 5.42. The molecule has 0 bridgehead atoms. The van der Waals surface area contributed by atoms with Gasteiger partial charge in [-0.25, -0.2) is 0 Å². The van der Waals surface area contributed by atoms with Gasteiger partial charge >= 0.3 is 0 Å². The van der Waals surface area contributed by atoms with E-state index in [0.717, 1.165) is 45.2 Å². The number of benzene rings is 1. The van der Waals surface area contributed by atoms with E-state index in [1.807, 2.05) is 11.0 Å². The van der Waals surface area contributed by atoms with Gasteiger partial charge in [-0.3, -0.25) is 9.59 Å². The van der Waals surface area contributed by atoms with Crippen LogP contribution in [0, 0.1) is 6.92 Å². The molecule has 0 aromatic heterocycles. The number of carbonyl (C=O) groups excluding carboxylic acids is 2. The minimum Gasteiger partial charge on any atom is -0.368 e. The van der Waals surface area contributed by atoms with Crippen molar-refractivity contribution in [3.8, 4) is 0 Å². The fourth-order valence-electron chi connectivity index (χ4n) is 3.63. The molecule has 5 nitrogen and oxygen atoms in total. The van der Waals surface area contributed by atoms with E-state index < -0.39 is 0 Å². The number of rotatable bonds is 5. The zero-order valence-corrected chi connectivity index (χ0v) is 15.0. The third-order valence-electron chi connectivity index (χ3n) is 5.13. The Hall–Kier alpha value is -1.88. The Morgan fingerprint density at radius 2 is 2.04 bits per heavy atom. The van der Waals surface area contributed by atoms with E-state index in [4.69, 9.17) is 4.74 Å². The Balaban J connectivity index is 1.39. The largest absolute Gasteiger partial charge is 0.368 e. The average molecular weight is 344 g/mol. The molecule has 25 heavy (non-hydrogen) atoms. The Bertz CT molecular complexity index is 603. The molecule has 136 valence electrons. The second kappa shape index (κ2) is 8.48. The lowest BCUT2D eigenvalue weighted by atomic mass is 10.0. The summed E-state index contributed by atoms with van der Waals surface area (Å²) in [5, 5.41) is 3.08. The van der Waals surface area contributed by atoms with E-state index in [0.29, 0.717) is 13.0 Å². The standard InChI is InChI=1S/C20H28N2O3/c1-15-4-2-5-16(14-15)7-8-19(23)22-11-9-17(10-12-22)21-20(24)18-6-3-13-25-18/h2,4-5,14,17-18H,3,6-13H2,1H3,(H,21,24). The maximum atomic E-state index is 12.4. The van der Waals surface area contributed by atoms with Crippen molar-refractivity contribution in [3.05, 3.63) is 35.4 Å². The number of aryl methyl sites for hydroxylation is 2. The van der Waals surface area contributed by atoms with Crippen molar-refractivity contribution in [2.24, 2.45) is 0 Å². The second-order valence-electron chi connectivity index (χ2n) is 7.15. The van der Waals surface area contributed by atoms with E-state index in [1.54, 1.807) is 0 Å². The Morgan fingerprint density at radius 1 is 1.24 bits per heavy atom. The monoisotopic (exact) mass is 344 g/mol. The molecule has 0 saturated carbocycles. The highest BCUT2D eigenvalue weighted by molar-refractivity contribution is 5.81. The average Bonchev–Trinajstić information content (AvgIpc) is 3.15. The van der Waals surface area contributed by atoms with Crippen molar-refractivity contribution in [3.63, 3.8) is 0 Å². The van der Waals surface area contributed by atoms with Gasteiger partial charge in [0, 0.05) is 32.2 Å². The molecular formula is C20H28N2O3. The van der Waals surface area contributed by atoms with Crippen molar-refractivity contribution in [1.82, 2.24) is 10.2 Å². The molecule has 0 spiro atoms. The Morgan fingerprint density at radius 3 is 2.72 bits per heavy atom. The van der Waals surface area contributed by atoms with E-state index >= 15 is 0 Å². The lowest BCUT2D eigenvalue weighted by Gasteiger charge is -2.33. The van der Waals surface area contributed by atoms with Crippen LogP contribution in [0.1, 0.15) is 43.2 Å². The maximum absolute atomic E-state index is 12.4. The molecule has 0 radical (unpaired) electrons. The van der Waals surface area contributed by atoms with E-state index in [2.05, 4.69) is 30.4 Å². The molecule has 2 aliphatic heterocycles. The molecule has 1 aromatic carbocycles. The maximum Gasteiger partial charge on any atom is 0.249 e. The summed E-state index contributed by atoms with van der Waals surface area (Å²) in [7, 11) is 0. The highest BCUT2D eigenvalue weighted by Crippen LogP contribution is 2.16. The molecule has 1 atom stereocenters. The summed E-state index contributed by atoms with van der Waals surface area (Å²) >= 11 is 0. The zero-order chi connectivity index (χ0) is 17.6. The minimum absolute atomic E-state index is 0.0155. The van der Waals surface area contributed by atoms with Gasteiger partial charge in [0.05, 0.1) is 0 Å². The van der Waals surface area contributed by atoms with Gasteiger partial charge in [-0.05, 0) is 44.6 Å². The quantitative estimate of drug-likeness (QED) is 0.891. The first-order valence-electron chi connectivity index (χ1n) is 9.37. The van der Waals surface area contributed by atoms with Crippen LogP contribution in [0.25, 0.3) is 0 Å². The summed E-state index contributed by atoms with van der Waals surface area (Å²) in [6, 6.07) is 8.49. The first kappa shape index (κ1) is 17.9. The molecule has 3 rings (SSSR count). The lowest BCUT2D eigenvalue weighted by molar-refractivity contribution is -0.133. The summed E-state index contributed by atoms with van der Waals surface area (Å²) in [5.74, 6) is 0.229. The van der Waals surface area contributed by atoms with Crippen molar-refractivity contribution < 1.29 is 14.3 Å². The summed E-state index contributed by atoms with van der Waals surface area (Å²) in [6.07, 6.45) is 4.51. The van der Waals surface area contributed by atoms with Gasteiger partial charge in [0.2, 0.25) is 11.8 Å². The molecule has 2 heterocycles. The normalized spacial score (nSPS) is 21.3. The van der Waals surface area contributed by atoms with E-state index in [1.165, 1.54) is 11.1 Å². The fraction of sp³-hybridized carbons (Fsp3) is 0.600. The predicted octanol–water partition coefficient (Wildman–Crippen LogP) is 2.21. The molecule has 1 unspecified atom stereocenters. The van der Waals surface area contributed by atoms with E-state index in [9.17, 15) is 9.59 Å². The minimum atomic E-state index is -0.269. The van der Waals surface area contributed by atoms with Gasteiger partial charge in [-0.2, -0.15) is 0 Å². The third-order valence-corrected chi connectivity index (χ3v) is 5.13. The van der Waals surface area contributed by atoms with Crippen LogP contribution in [-0.2, 0) is 20.7 Å². The molecule has 0 aliphatic carbocycles. The van der Waals surface area contributed by atoms with Crippen LogP contribution in [0.3, 0.4) is 0 Å². The van der Waals surface area contributed by atoms with Crippen LogP contribution in [-0.4, -0.2) is 48.6 Å². The molecule has 2 amide bonds. The highest BCUT2D eigenvalue weighted by atomic mass is 16.5. The second-order valence-corrected chi connectivity index (χ2v) is 7.15. The van der Waals surface area contributed by atoms with Crippen molar-refractivity contribution >= 4 is 11.8 Å². The van der Waals surface area contributed by atoms with Gasteiger partial charge in [-0.15, -0.1) is 0 Å². The first-order chi connectivity index (χ1) is 12.1. The smallest absolute Gasteiger partial charge is 0.249 e. The molecular weight excluding hydrogens is 316 g/mol. The van der Waals surface area contributed by atoms with Gasteiger partial charge in [0.25, 0.3) is 0 Å². The number of nitrogens with one attached hydrogen (secondary N) is 1. The van der Waals surface area contributed by atoms with Crippen molar-refractivity contribution in [2.45, 2.75) is 57.6 Å². The number of nitrogens with zero attached hydrogens (tertiary/aromatic N) is 1. The third kappa shape index (κ3) is 5.05. The number of hydrogen-bond donors (Lipinski definition) is 1. The van der Waals surface area contributed by atoms with Gasteiger partial charge < -0.3 is 15.0 Å². The molecule has 2 saturated heterocycles. The van der Waals surface area contributed by atoms with E-state index in [-0.39, 0.29) is 24.0 Å². The number of ether oxygens (including phenoxy) is 1. The Kier molecular flexibility index (Phi) is 6.08. The number of carbonyl (C=O) groups is 2. The topological polar surface area (TPSA) is 58.6 Å². The lowest BCUT2D eigenvalue weighted by Crippen LogP contribution is -2.48. The number of amides is 2. The van der Waals surface area contributed by atoms with Gasteiger partial charge in [-0.1, -0.05) is 29.8 Å². The predicted molar refractivity (Wildman–Crippen MR) is 96.2 cm³/mol. The number of hydrogen-bond acceptors (Lipinski definition) is 3. The van der Waals surface area contributed by atoms with Crippen molar-refractivity contribution in [1.29, 1.82) is 0 Å². The van der Waals surface area contributed by atoms with Gasteiger partial charge in [0.1, 0.15) is 6.10 Å². The van der Waals surface area contributed by atoms with Gasteiger partial charge in [0.15, 0.2) is 0 Å². The van der Waals surface area contributed by atoms with Crippen LogP contribution in [0.15, 0.2) is 24.3 Å². The molecule has 2 aliphatic rings. The molecule has 1 aromatic rings. The van der Waals surface area contributed by atoms with Crippen LogP contribution >= 0.6 is 0 Å². The SMILES string of the molecule is Cc1cccc(CCC(=O)N2CCC(NC(=O)C3CCCO3)CC2)c1. The fourth-order valence-corrected chi connectivity index (χ4v) is 3.63.